The highest BCUT2D eigenvalue weighted by molar-refractivity contribution is 5.46. The van der Waals surface area contributed by atoms with E-state index in [2.05, 4.69) is 13.0 Å². The van der Waals surface area contributed by atoms with Crippen LogP contribution in [0.4, 0.5) is 5.69 Å². The summed E-state index contributed by atoms with van der Waals surface area (Å²) < 4.78 is 0. The number of anilines is 1. The summed E-state index contributed by atoms with van der Waals surface area (Å²) in [6, 6.07) is 8.33. The SMILES string of the molecule is Cc1ccc(N)cc1C1CCC1C#N. The Labute approximate surface area is 84.3 Å². The third kappa shape index (κ3) is 1.35. The van der Waals surface area contributed by atoms with Crippen LogP contribution in [-0.2, 0) is 0 Å². The minimum atomic E-state index is 0.204. The van der Waals surface area contributed by atoms with Gasteiger partial charge in [0.05, 0.1) is 12.0 Å². The molecular weight excluding hydrogens is 172 g/mol. The average molecular weight is 186 g/mol. The van der Waals surface area contributed by atoms with Crippen molar-refractivity contribution in [3.05, 3.63) is 29.3 Å². The zero-order valence-corrected chi connectivity index (χ0v) is 8.33. The molecule has 0 amide bonds. The lowest BCUT2D eigenvalue weighted by Crippen LogP contribution is -2.23. The molecule has 2 atom stereocenters. The first-order valence-corrected chi connectivity index (χ1v) is 4.98. The second-order valence-electron chi connectivity index (χ2n) is 4.04. The molecule has 1 aromatic rings. The fourth-order valence-electron chi connectivity index (χ4n) is 2.09. The second kappa shape index (κ2) is 3.34. The second-order valence-corrected chi connectivity index (χ2v) is 4.04. The van der Waals surface area contributed by atoms with Gasteiger partial charge in [0.15, 0.2) is 0 Å². The van der Waals surface area contributed by atoms with E-state index in [0.29, 0.717) is 5.92 Å². The normalized spacial score (nSPS) is 25.1. The van der Waals surface area contributed by atoms with Crippen molar-refractivity contribution >= 4 is 5.69 Å². The first kappa shape index (κ1) is 9.08. The van der Waals surface area contributed by atoms with Gasteiger partial charge in [-0.15, -0.1) is 0 Å². The van der Waals surface area contributed by atoms with Crippen molar-refractivity contribution in [1.29, 1.82) is 5.26 Å². The maximum absolute atomic E-state index is 8.90. The van der Waals surface area contributed by atoms with E-state index in [1.807, 2.05) is 18.2 Å². The number of benzene rings is 1. The third-order valence-electron chi connectivity index (χ3n) is 3.14. The van der Waals surface area contributed by atoms with Gasteiger partial charge in [0.2, 0.25) is 0 Å². The van der Waals surface area contributed by atoms with Crippen molar-refractivity contribution in [3.63, 3.8) is 0 Å². The Bertz CT molecular complexity index is 390. The quantitative estimate of drug-likeness (QED) is 0.685. The number of nitriles is 1. The van der Waals surface area contributed by atoms with Crippen molar-refractivity contribution < 1.29 is 0 Å². The maximum Gasteiger partial charge on any atom is 0.0662 e. The number of hydrogen-bond donors (Lipinski definition) is 1. The summed E-state index contributed by atoms with van der Waals surface area (Å²) in [7, 11) is 0. The highest BCUT2D eigenvalue weighted by Gasteiger charge is 2.32. The van der Waals surface area contributed by atoms with Crippen LogP contribution in [0, 0.1) is 24.2 Å². The van der Waals surface area contributed by atoms with Crippen molar-refractivity contribution in [1.82, 2.24) is 0 Å². The minimum absolute atomic E-state index is 0.204. The van der Waals surface area contributed by atoms with Crippen LogP contribution >= 0.6 is 0 Å². The molecule has 2 unspecified atom stereocenters. The van der Waals surface area contributed by atoms with E-state index >= 15 is 0 Å². The Morgan fingerprint density at radius 3 is 2.79 bits per heavy atom. The van der Waals surface area contributed by atoms with Crippen LogP contribution in [0.5, 0.6) is 0 Å². The molecule has 72 valence electrons. The molecule has 0 aliphatic heterocycles. The molecule has 1 aliphatic rings. The van der Waals surface area contributed by atoms with Crippen LogP contribution in [0.1, 0.15) is 29.9 Å². The molecule has 2 rings (SSSR count). The van der Waals surface area contributed by atoms with Gasteiger partial charge in [-0.1, -0.05) is 6.07 Å². The van der Waals surface area contributed by atoms with Crippen LogP contribution in [0.15, 0.2) is 18.2 Å². The summed E-state index contributed by atoms with van der Waals surface area (Å²) in [5.41, 5.74) is 9.07. The predicted molar refractivity (Wildman–Crippen MR) is 56.7 cm³/mol. The first-order valence-electron chi connectivity index (χ1n) is 4.98. The number of rotatable bonds is 1. The fraction of sp³-hybridized carbons (Fsp3) is 0.417. The Hall–Kier alpha value is -1.49. The number of hydrogen-bond acceptors (Lipinski definition) is 2. The highest BCUT2D eigenvalue weighted by atomic mass is 14.5. The topological polar surface area (TPSA) is 49.8 Å². The average Bonchev–Trinajstić information content (AvgIpc) is 2.10. The summed E-state index contributed by atoms with van der Waals surface area (Å²) in [6.45, 7) is 2.08. The zero-order chi connectivity index (χ0) is 10.1. The van der Waals surface area contributed by atoms with Crippen molar-refractivity contribution in [2.24, 2.45) is 5.92 Å². The standard InChI is InChI=1S/C12H14N2/c1-8-2-4-10(14)6-12(8)11-5-3-9(11)7-13/h2,4,6,9,11H,3,5,14H2,1H3. The van der Waals surface area contributed by atoms with Gasteiger partial charge in [0, 0.05) is 11.6 Å². The monoisotopic (exact) mass is 186 g/mol. The maximum atomic E-state index is 8.90. The van der Waals surface area contributed by atoms with Crippen LogP contribution < -0.4 is 5.73 Å². The van der Waals surface area contributed by atoms with Crippen LogP contribution in [0.25, 0.3) is 0 Å². The van der Waals surface area contributed by atoms with Crippen molar-refractivity contribution in [2.75, 3.05) is 5.73 Å². The number of nitrogens with zero attached hydrogens (tertiary/aromatic N) is 1. The van der Waals surface area contributed by atoms with E-state index in [-0.39, 0.29) is 5.92 Å². The highest BCUT2D eigenvalue weighted by Crippen LogP contribution is 2.43. The fourth-order valence-corrected chi connectivity index (χ4v) is 2.09. The molecule has 14 heavy (non-hydrogen) atoms. The summed E-state index contributed by atoms with van der Waals surface area (Å²) >= 11 is 0. The van der Waals surface area contributed by atoms with E-state index in [0.717, 1.165) is 18.5 Å². The van der Waals surface area contributed by atoms with Crippen LogP contribution in [-0.4, -0.2) is 0 Å². The van der Waals surface area contributed by atoms with E-state index in [4.69, 9.17) is 11.0 Å². The summed E-state index contributed by atoms with van der Waals surface area (Å²) in [5.74, 6) is 0.624. The molecule has 2 nitrogen and oxygen atoms in total. The molecule has 0 aromatic heterocycles. The van der Waals surface area contributed by atoms with Crippen LogP contribution in [0.3, 0.4) is 0 Å². The molecule has 0 bridgehead atoms. The molecule has 1 aromatic carbocycles. The Kier molecular flexibility index (Phi) is 2.17. The molecule has 1 aliphatic carbocycles. The Morgan fingerprint density at radius 1 is 1.43 bits per heavy atom. The molecule has 0 spiro atoms. The van der Waals surface area contributed by atoms with E-state index in [9.17, 15) is 0 Å². The molecule has 0 saturated heterocycles. The Morgan fingerprint density at radius 2 is 2.21 bits per heavy atom. The number of nitrogens with two attached hydrogens (primary N) is 1. The third-order valence-corrected chi connectivity index (χ3v) is 3.14. The minimum Gasteiger partial charge on any atom is -0.399 e. The van der Waals surface area contributed by atoms with Gasteiger partial charge in [0.25, 0.3) is 0 Å². The van der Waals surface area contributed by atoms with Gasteiger partial charge in [-0.3, -0.25) is 0 Å². The van der Waals surface area contributed by atoms with Gasteiger partial charge < -0.3 is 5.73 Å². The largest absolute Gasteiger partial charge is 0.399 e. The summed E-state index contributed by atoms with van der Waals surface area (Å²) in [4.78, 5) is 0. The molecule has 1 saturated carbocycles. The lowest BCUT2D eigenvalue weighted by Gasteiger charge is -2.33. The van der Waals surface area contributed by atoms with Crippen LogP contribution in [0.2, 0.25) is 0 Å². The molecule has 0 heterocycles. The molecule has 1 fully saturated rings. The summed E-state index contributed by atoms with van der Waals surface area (Å²) in [5, 5.41) is 8.90. The molecule has 0 radical (unpaired) electrons. The van der Waals surface area contributed by atoms with Gasteiger partial charge in [0.1, 0.15) is 0 Å². The van der Waals surface area contributed by atoms with E-state index in [1.54, 1.807) is 0 Å². The smallest absolute Gasteiger partial charge is 0.0662 e. The van der Waals surface area contributed by atoms with Crippen molar-refractivity contribution in [2.45, 2.75) is 25.7 Å². The molecular formula is C12H14N2. The molecule has 2 N–H and O–H groups in total. The van der Waals surface area contributed by atoms with E-state index in [1.165, 1.54) is 11.1 Å². The predicted octanol–water partition coefficient (Wildman–Crippen LogP) is 2.59. The number of aryl methyl sites for hydroxylation is 1. The molecule has 2 heteroatoms. The van der Waals surface area contributed by atoms with Gasteiger partial charge in [-0.05, 0) is 43.0 Å². The van der Waals surface area contributed by atoms with Gasteiger partial charge in [-0.2, -0.15) is 5.26 Å². The van der Waals surface area contributed by atoms with Gasteiger partial charge >= 0.3 is 0 Å². The lowest BCUT2D eigenvalue weighted by atomic mass is 9.70. The summed E-state index contributed by atoms with van der Waals surface area (Å²) in [6.07, 6.45) is 2.16. The lowest BCUT2D eigenvalue weighted by molar-refractivity contribution is 0.324. The van der Waals surface area contributed by atoms with E-state index < -0.39 is 0 Å². The number of nitrogen functional groups attached to an aromatic ring is 1. The first-order chi connectivity index (χ1) is 6.72. The zero-order valence-electron chi connectivity index (χ0n) is 8.33. The Balaban J connectivity index is 2.32. The van der Waals surface area contributed by atoms with Crippen molar-refractivity contribution in [3.8, 4) is 6.07 Å². The van der Waals surface area contributed by atoms with Gasteiger partial charge in [-0.25, -0.2) is 0 Å².